The Labute approximate surface area is 121 Å². The van der Waals surface area contributed by atoms with E-state index in [0.29, 0.717) is 12.6 Å². The standard InChI is InChI=1S/C16H24N2O2/c1-18(14-6-4-3-5-7-14)12-16(19)17-13-8-10-15(20-2)11-9-13/h8-11,14H,3-7,12H2,1-2H3,(H,17,19). The third kappa shape index (κ3) is 4.23. The molecule has 110 valence electrons. The van der Waals surface area contributed by atoms with Crippen LogP contribution in [0.4, 0.5) is 5.69 Å². The fourth-order valence-electron chi connectivity index (χ4n) is 2.75. The van der Waals surface area contributed by atoms with Gasteiger partial charge in [-0.05, 0) is 44.2 Å². The molecule has 1 aliphatic rings. The van der Waals surface area contributed by atoms with Crippen LogP contribution in [-0.4, -0.2) is 37.6 Å². The zero-order valence-electron chi connectivity index (χ0n) is 12.4. The van der Waals surface area contributed by atoms with Crippen LogP contribution in [0.3, 0.4) is 0 Å². The van der Waals surface area contributed by atoms with Gasteiger partial charge in [0.15, 0.2) is 0 Å². The summed E-state index contributed by atoms with van der Waals surface area (Å²) < 4.78 is 5.10. The Balaban J connectivity index is 1.81. The van der Waals surface area contributed by atoms with Crippen molar-refractivity contribution < 1.29 is 9.53 Å². The third-order valence-electron chi connectivity index (χ3n) is 3.96. The van der Waals surface area contributed by atoms with Gasteiger partial charge >= 0.3 is 0 Å². The molecule has 0 unspecified atom stereocenters. The molecule has 0 radical (unpaired) electrons. The number of nitrogens with one attached hydrogen (secondary N) is 1. The van der Waals surface area contributed by atoms with Crippen molar-refractivity contribution in [3.8, 4) is 5.75 Å². The predicted octanol–water partition coefficient (Wildman–Crippen LogP) is 2.90. The van der Waals surface area contributed by atoms with Gasteiger partial charge in [0, 0.05) is 11.7 Å². The van der Waals surface area contributed by atoms with E-state index in [0.717, 1.165) is 11.4 Å². The first-order chi connectivity index (χ1) is 9.69. The molecule has 1 saturated carbocycles. The first-order valence-electron chi connectivity index (χ1n) is 7.33. The Morgan fingerprint density at radius 2 is 1.90 bits per heavy atom. The molecule has 4 nitrogen and oxygen atoms in total. The normalized spacial score (nSPS) is 16.1. The number of ether oxygens (including phenoxy) is 1. The minimum Gasteiger partial charge on any atom is -0.497 e. The molecule has 1 aliphatic carbocycles. The van der Waals surface area contributed by atoms with Crippen LogP contribution in [-0.2, 0) is 4.79 Å². The Morgan fingerprint density at radius 1 is 1.25 bits per heavy atom. The maximum absolute atomic E-state index is 12.0. The predicted molar refractivity (Wildman–Crippen MR) is 81.1 cm³/mol. The number of carbonyl (C=O) groups excluding carboxylic acids is 1. The first kappa shape index (κ1) is 14.9. The van der Waals surface area contributed by atoms with Gasteiger partial charge in [-0.25, -0.2) is 0 Å². The molecule has 0 saturated heterocycles. The van der Waals surface area contributed by atoms with Crippen molar-refractivity contribution in [1.29, 1.82) is 0 Å². The van der Waals surface area contributed by atoms with Crippen LogP contribution < -0.4 is 10.1 Å². The summed E-state index contributed by atoms with van der Waals surface area (Å²) in [6, 6.07) is 7.97. The fourth-order valence-corrected chi connectivity index (χ4v) is 2.75. The third-order valence-corrected chi connectivity index (χ3v) is 3.96. The van der Waals surface area contributed by atoms with Crippen LogP contribution in [0.1, 0.15) is 32.1 Å². The SMILES string of the molecule is COc1ccc(NC(=O)CN(C)C2CCCCC2)cc1. The molecule has 1 amide bonds. The van der Waals surface area contributed by atoms with Crippen LogP contribution in [0, 0.1) is 0 Å². The number of carbonyl (C=O) groups is 1. The van der Waals surface area contributed by atoms with Crippen molar-refractivity contribution in [3.63, 3.8) is 0 Å². The van der Waals surface area contributed by atoms with Gasteiger partial charge in [0.05, 0.1) is 13.7 Å². The van der Waals surface area contributed by atoms with Crippen LogP contribution in [0.5, 0.6) is 5.75 Å². The molecule has 1 N–H and O–H groups in total. The summed E-state index contributed by atoms with van der Waals surface area (Å²) in [6.07, 6.45) is 6.34. The fraction of sp³-hybridized carbons (Fsp3) is 0.562. The number of hydrogen-bond acceptors (Lipinski definition) is 3. The second kappa shape index (κ2) is 7.29. The lowest BCUT2D eigenvalue weighted by atomic mass is 9.94. The molecule has 0 bridgehead atoms. The smallest absolute Gasteiger partial charge is 0.238 e. The molecule has 2 rings (SSSR count). The van der Waals surface area contributed by atoms with Gasteiger partial charge in [0.2, 0.25) is 5.91 Å². The number of nitrogens with zero attached hydrogens (tertiary/aromatic N) is 1. The van der Waals surface area contributed by atoms with E-state index in [-0.39, 0.29) is 5.91 Å². The van der Waals surface area contributed by atoms with Gasteiger partial charge in [-0.3, -0.25) is 9.69 Å². The highest BCUT2D eigenvalue weighted by atomic mass is 16.5. The zero-order valence-corrected chi connectivity index (χ0v) is 12.4. The average molecular weight is 276 g/mol. The lowest BCUT2D eigenvalue weighted by molar-refractivity contribution is -0.117. The monoisotopic (exact) mass is 276 g/mol. The summed E-state index contributed by atoms with van der Waals surface area (Å²) in [5.41, 5.74) is 0.813. The minimum absolute atomic E-state index is 0.0447. The molecule has 1 aromatic rings. The van der Waals surface area contributed by atoms with Crippen LogP contribution in [0.15, 0.2) is 24.3 Å². The van der Waals surface area contributed by atoms with Crippen LogP contribution in [0.2, 0.25) is 0 Å². The molecule has 1 aromatic carbocycles. The van der Waals surface area contributed by atoms with Crippen molar-refractivity contribution in [2.45, 2.75) is 38.1 Å². The Kier molecular flexibility index (Phi) is 5.41. The van der Waals surface area contributed by atoms with E-state index in [2.05, 4.69) is 10.2 Å². The van der Waals surface area contributed by atoms with Crippen LogP contribution in [0.25, 0.3) is 0 Å². The Hall–Kier alpha value is -1.55. The highest BCUT2D eigenvalue weighted by Crippen LogP contribution is 2.21. The number of anilines is 1. The number of amides is 1. The zero-order chi connectivity index (χ0) is 14.4. The van der Waals surface area contributed by atoms with Crippen molar-refractivity contribution in [1.82, 2.24) is 4.90 Å². The molecule has 4 heteroatoms. The summed E-state index contributed by atoms with van der Waals surface area (Å²) in [4.78, 5) is 14.2. The summed E-state index contributed by atoms with van der Waals surface area (Å²) >= 11 is 0. The van der Waals surface area contributed by atoms with E-state index in [1.165, 1.54) is 32.1 Å². The summed E-state index contributed by atoms with van der Waals surface area (Å²) in [5.74, 6) is 0.838. The molecule has 0 heterocycles. The van der Waals surface area contributed by atoms with E-state index < -0.39 is 0 Å². The first-order valence-corrected chi connectivity index (χ1v) is 7.33. The average Bonchev–Trinajstić information content (AvgIpc) is 2.49. The quantitative estimate of drug-likeness (QED) is 0.899. The molecule has 0 spiro atoms. The number of rotatable bonds is 5. The second-order valence-corrected chi connectivity index (χ2v) is 5.48. The van der Waals surface area contributed by atoms with Crippen molar-refractivity contribution in [2.24, 2.45) is 0 Å². The summed E-state index contributed by atoms with van der Waals surface area (Å²) in [7, 11) is 3.68. The van der Waals surface area contributed by atoms with Crippen molar-refractivity contribution in [2.75, 3.05) is 26.0 Å². The lowest BCUT2D eigenvalue weighted by Crippen LogP contribution is -2.39. The van der Waals surface area contributed by atoms with Crippen molar-refractivity contribution >= 4 is 11.6 Å². The van der Waals surface area contributed by atoms with Gasteiger partial charge in [-0.2, -0.15) is 0 Å². The van der Waals surface area contributed by atoms with Gasteiger partial charge in [0.25, 0.3) is 0 Å². The molecule has 0 atom stereocenters. The molecular weight excluding hydrogens is 252 g/mol. The summed E-state index contributed by atoms with van der Waals surface area (Å²) in [5, 5.41) is 2.93. The number of likely N-dealkylation sites (N-methyl/N-ethyl adjacent to an activating group) is 1. The van der Waals surface area contributed by atoms with E-state index in [9.17, 15) is 4.79 Å². The van der Waals surface area contributed by atoms with E-state index >= 15 is 0 Å². The van der Waals surface area contributed by atoms with E-state index in [1.54, 1.807) is 7.11 Å². The second-order valence-electron chi connectivity index (χ2n) is 5.48. The lowest BCUT2D eigenvalue weighted by Gasteiger charge is -2.30. The minimum atomic E-state index is 0.0447. The Morgan fingerprint density at radius 3 is 2.50 bits per heavy atom. The number of benzene rings is 1. The summed E-state index contributed by atoms with van der Waals surface area (Å²) in [6.45, 7) is 0.455. The highest BCUT2D eigenvalue weighted by Gasteiger charge is 2.19. The van der Waals surface area contributed by atoms with E-state index in [4.69, 9.17) is 4.74 Å². The topological polar surface area (TPSA) is 41.6 Å². The van der Waals surface area contributed by atoms with Crippen LogP contribution >= 0.6 is 0 Å². The molecule has 0 aromatic heterocycles. The van der Waals surface area contributed by atoms with Gasteiger partial charge < -0.3 is 10.1 Å². The van der Waals surface area contributed by atoms with Gasteiger partial charge in [-0.15, -0.1) is 0 Å². The maximum atomic E-state index is 12.0. The number of hydrogen-bond donors (Lipinski definition) is 1. The van der Waals surface area contributed by atoms with Gasteiger partial charge in [0.1, 0.15) is 5.75 Å². The van der Waals surface area contributed by atoms with E-state index in [1.807, 2.05) is 31.3 Å². The molecule has 20 heavy (non-hydrogen) atoms. The Bertz CT molecular complexity index is 425. The van der Waals surface area contributed by atoms with Gasteiger partial charge in [-0.1, -0.05) is 19.3 Å². The number of methoxy groups -OCH3 is 1. The molecule has 1 fully saturated rings. The largest absolute Gasteiger partial charge is 0.497 e. The maximum Gasteiger partial charge on any atom is 0.238 e. The van der Waals surface area contributed by atoms with Crippen molar-refractivity contribution in [3.05, 3.63) is 24.3 Å². The molecular formula is C16H24N2O2. The highest BCUT2D eigenvalue weighted by molar-refractivity contribution is 5.92. The molecule has 0 aliphatic heterocycles.